The van der Waals surface area contributed by atoms with E-state index in [0.717, 1.165) is 0 Å². The highest BCUT2D eigenvalue weighted by Gasteiger charge is 2.32. The molecule has 8 heteroatoms. The molecule has 7 nitrogen and oxygen atoms in total. The highest BCUT2D eigenvalue weighted by Crippen LogP contribution is 2.33. The quantitative estimate of drug-likeness (QED) is 0.584. The first-order valence-corrected chi connectivity index (χ1v) is 7.11. The maximum Gasteiger partial charge on any atom is 0.321 e. The predicted octanol–water partition coefficient (Wildman–Crippen LogP) is 2.03. The third kappa shape index (κ3) is 4.33. The molecule has 1 rings (SSSR count). The van der Waals surface area contributed by atoms with Gasteiger partial charge in [-0.05, 0) is 25.5 Å². The number of hydrogen-bond donors (Lipinski definition) is 2. The van der Waals surface area contributed by atoms with Gasteiger partial charge in [0.05, 0.1) is 12.0 Å². The lowest BCUT2D eigenvalue weighted by Gasteiger charge is -2.28. The Balaban J connectivity index is 2.87. The van der Waals surface area contributed by atoms with Crippen molar-refractivity contribution in [3.8, 4) is 5.75 Å². The van der Waals surface area contributed by atoms with E-state index in [9.17, 15) is 14.9 Å². The lowest BCUT2D eigenvalue weighted by Crippen LogP contribution is -2.46. The number of carbonyl (C=O) groups is 1. The number of nitro groups is 1. The minimum Gasteiger partial charge on any atom is -0.490 e. The molecule has 0 unspecified atom stereocenters. The van der Waals surface area contributed by atoms with Gasteiger partial charge in [0.15, 0.2) is 5.75 Å². The second-order valence-electron chi connectivity index (χ2n) is 4.97. The van der Waals surface area contributed by atoms with Gasteiger partial charge in [0, 0.05) is 16.6 Å². The predicted molar refractivity (Wildman–Crippen MR) is 80.6 cm³/mol. The van der Waals surface area contributed by atoms with Crippen molar-refractivity contribution >= 4 is 23.4 Å². The number of methoxy groups -OCH3 is 1. The average molecular weight is 314 g/mol. The molecule has 1 atom stereocenters. The number of benzene rings is 1. The Morgan fingerprint density at radius 1 is 1.57 bits per heavy atom. The molecule has 1 aromatic carbocycles. The fraction of sp³-hybridized carbons (Fsp3) is 0.462. The number of nitrogens with two attached hydrogens (primary N) is 1. The third-order valence-corrected chi connectivity index (χ3v) is 4.54. The van der Waals surface area contributed by atoms with Crippen LogP contribution in [0.25, 0.3) is 0 Å². The van der Waals surface area contributed by atoms with Gasteiger partial charge in [-0.2, -0.15) is 0 Å². The molecular formula is C13H18N2O5S. The Bertz CT molecular complexity index is 547. The van der Waals surface area contributed by atoms with E-state index in [1.165, 1.54) is 31.0 Å². The summed E-state index contributed by atoms with van der Waals surface area (Å²) < 4.78 is 4.24. The second-order valence-corrected chi connectivity index (χ2v) is 6.60. The van der Waals surface area contributed by atoms with Crippen LogP contribution in [0.3, 0.4) is 0 Å². The molecule has 0 bridgehead atoms. The first-order valence-electron chi connectivity index (χ1n) is 6.12. The van der Waals surface area contributed by atoms with Crippen molar-refractivity contribution < 1.29 is 19.6 Å². The number of nitro benzene ring substituents is 1. The van der Waals surface area contributed by atoms with Gasteiger partial charge in [0.2, 0.25) is 0 Å². The summed E-state index contributed by atoms with van der Waals surface area (Å²) in [6.07, 6.45) is 0. The SMILES string of the molecule is COc1ccc(CSC(C)(C)[C@H](N)C(=O)O)cc1[N+](=O)[O-]. The Morgan fingerprint density at radius 2 is 2.19 bits per heavy atom. The van der Waals surface area contributed by atoms with Crippen LogP contribution in [0.2, 0.25) is 0 Å². The van der Waals surface area contributed by atoms with Crippen LogP contribution < -0.4 is 10.5 Å². The lowest BCUT2D eigenvalue weighted by atomic mass is 10.1. The van der Waals surface area contributed by atoms with Crippen molar-refractivity contribution in [3.63, 3.8) is 0 Å². The van der Waals surface area contributed by atoms with E-state index >= 15 is 0 Å². The van der Waals surface area contributed by atoms with Crippen molar-refractivity contribution in [1.82, 2.24) is 0 Å². The zero-order valence-corrected chi connectivity index (χ0v) is 12.8. The molecule has 0 saturated heterocycles. The van der Waals surface area contributed by atoms with Gasteiger partial charge in [-0.3, -0.25) is 14.9 Å². The van der Waals surface area contributed by atoms with Crippen LogP contribution in [-0.4, -0.2) is 33.9 Å². The molecule has 21 heavy (non-hydrogen) atoms. The van der Waals surface area contributed by atoms with Gasteiger partial charge in [-0.25, -0.2) is 0 Å². The van der Waals surface area contributed by atoms with E-state index in [2.05, 4.69) is 0 Å². The summed E-state index contributed by atoms with van der Waals surface area (Å²) in [5, 5.41) is 19.9. The third-order valence-electron chi connectivity index (χ3n) is 3.07. The molecule has 0 aliphatic heterocycles. The second kappa shape index (κ2) is 6.77. The molecule has 0 amide bonds. The van der Waals surface area contributed by atoms with Gasteiger partial charge in [0.1, 0.15) is 6.04 Å². The summed E-state index contributed by atoms with van der Waals surface area (Å²) in [7, 11) is 1.37. The average Bonchev–Trinajstić information content (AvgIpc) is 2.43. The summed E-state index contributed by atoms with van der Waals surface area (Å²) in [4.78, 5) is 21.4. The lowest BCUT2D eigenvalue weighted by molar-refractivity contribution is -0.385. The van der Waals surface area contributed by atoms with Crippen LogP contribution in [-0.2, 0) is 10.5 Å². The van der Waals surface area contributed by atoms with E-state index in [4.69, 9.17) is 15.6 Å². The van der Waals surface area contributed by atoms with Crippen LogP contribution in [0.1, 0.15) is 19.4 Å². The largest absolute Gasteiger partial charge is 0.490 e. The van der Waals surface area contributed by atoms with Crippen LogP contribution in [0.5, 0.6) is 5.75 Å². The smallest absolute Gasteiger partial charge is 0.321 e. The van der Waals surface area contributed by atoms with Crippen LogP contribution in [0.15, 0.2) is 18.2 Å². The number of hydrogen-bond acceptors (Lipinski definition) is 6. The maximum atomic E-state index is 11.0. The highest BCUT2D eigenvalue weighted by molar-refractivity contribution is 7.99. The molecular weight excluding hydrogens is 296 g/mol. The first-order chi connectivity index (χ1) is 9.69. The molecule has 0 aliphatic rings. The maximum absolute atomic E-state index is 11.0. The molecule has 116 valence electrons. The number of carboxylic acids is 1. The van der Waals surface area contributed by atoms with E-state index in [0.29, 0.717) is 11.3 Å². The number of carboxylic acid groups (broad SMARTS) is 1. The Hall–Kier alpha value is -1.80. The summed E-state index contributed by atoms with van der Waals surface area (Å²) in [5.41, 5.74) is 6.23. The summed E-state index contributed by atoms with van der Waals surface area (Å²) in [6.45, 7) is 3.46. The molecule has 0 radical (unpaired) electrons. The van der Waals surface area contributed by atoms with Crippen molar-refractivity contribution in [2.45, 2.75) is 30.4 Å². The van der Waals surface area contributed by atoms with E-state index in [-0.39, 0.29) is 11.4 Å². The normalized spacial score (nSPS) is 12.8. The molecule has 0 aliphatic carbocycles. The highest BCUT2D eigenvalue weighted by atomic mass is 32.2. The Morgan fingerprint density at radius 3 is 2.67 bits per heavy atom. The van der Waals surface area contributed by atoms with Crippen molar-refractivity contribution in [3.05, 3.63) is 33.9 Å². The molecule has 3 N–H and O–H groups in total. The van der Waals surface area contributed by atoms with Gasteiger partial charge < -0.3 is 15.6 Å². The number of ether oxygens (including phenoxy) is 1. The summed E-state index contributed by atoms with van der Waals surface area (Å²) in [5.74, 6) is -0.470. The number of rotatable bonds is 7. The minimum atomic E-state index is -1.08. The fourth-order valence-electron chi connectivity index (χ4n) is 1.62. The molecule has 0 heterocycles. The Labute approximate surface area is 126 Å². The topological polar surface area (TPSA) is 116 Å². The Kier molecular flexibility index (Phi) is 5.56. The van der Waals surface area contributed by atoms with E-state index < -0.39 is 21.7 Å². The first kappa shape index (κ1) is 17.3. The number of thioether (sulfide) groups is 1. The van der Waals surface area contributed by atoms with Crippen molar-refractivity contribution in [2.75, 3.05) is 7.11 Å². The summed E-state index contributed by atoms with van der Waals surface area (Å²) >= 11 is 1.33. The molecule has 0 spiro atoms. The monoisotopic (exact) mass is 314 g/mol. The van der Waals surface area contributed by atoms with Crippen molar-refractivity contribution in [1.29, 1.82) is 0 Å². The van der Waals surface area contributed by atoms with Gasteiger partial charge in [0.25, 0.3) is 0 Å². The molecule has 0 aromatic heterocycles. The standard InChI is InChI=1S/C13H18N2O5S/c1-13(2,11(14)12(16)17)21-7-8-4-5-10(20-3)9(6-8)15(18)19/h4-6,11H,7,14H2,1-3H3,(H,16,17)/t11-/m1/s1. The van der Waals surface area contributed by atoms with Crippen LogP contribution in [0.4, 0.5) is 5.69 Å². The molecule has 0 saturated carbocycles. The molecule has 0 fully saturated rings. The number of aliphatic carboxylic acids is 1. The van der Waals surface area contributed by atoms with E-state index in [1.807, 2.05) is 0 Å². The van der Waals surface area contributed by atoms with Crippen molar-refractivity contribution in [2.24, 2.45) is 5.73 Å². The number of nitrogens with zero attached hydrogens (tertiary/aromatic N) is 1. The zero-order valence-electron chi connectivity index (χ0n) is 12.0. The van der Waals surface area contributed by atoms with Gasteiger partial charge in [-0.1, -0.05) is 6.07 Å². The minimum absolute atomic E-state index is 0.115. The summed E-state index contributed by atoms with van der Waals surface area (Å²) in [6, 6.07) is 3.64. The fourth-order valence-corrected chi connectivity index (χ4v) is 2.62. The van der Waals surface area contributed by atoms with Crippen LogP contribution in [0, 0.1) is 10.1 Å². The van der Waals surface area contributed by atoms with Gasteiger partial charge in [-0.15, -0.1) is 11.8 Å². The zero-order chi connectivity index (χ0) is 16.2. The van der Waals surface area contributed by atoms with E-state index in [1.54, 1.807) is 19.9 Å². The van der Waals surface area contributed by atoms with Crippen LogP contribution >= 0.6 is 11.8 Å². The molecule has 1 aromatic rings. The van der Waals surface area contributed by atoms with Gasteiger partial charge >= 0.3 is 11.7 Å².